The van der Waals surface area contributed by atoms with Crippen molar-refractivity contribution in [2.75, 3.05) is 22.1 Å². The van der Waals surface area contributed by atoms with Gasteiger partial charge in [0, 0.05) is 34.8 Å². The molecule has 1 atom stereocenters. The maximum atomic E-state index is 13.6. The van der Waals surface area contributed by atoms with Crippen molar-refractivity contribution in [2.24, 2.45) is 0 Å². The van der Waals surface area contributed by atoms with Crippen molar-refractivity contribution in [3.05, 3.63) is 76.6 Å². The van der Waals surface area contributed by atoms with Gasteiger partial charge in [-0.2, -0.15) is 13.2 Å². The van der Waals surface area contributed by atoms with Crippen LogP contribution in [0.3, 0.4) is 0 Å². The first kappa shape index (κ1) is 24.8. The molecule has 0 saturated heterocycles. The van der Waals surface area contributed by atoms with Crippen molar-refractivity contribution < 1.29 is 18.0 Å². The molecule has 6 nitrogen and oxygen atoms in total. The van der Waals surface area contributed by atoms with Gasteiger partial charge in [0.05, 0.1) is 27.6 Å². The predicted molar refractivity (Wildman–Crippen MR) is 141 cm³/mol. The van der Waals surface area contributed by atoms with Gasteiger partial charge in [-0.25, -0.2) is 14.8 Å². The topological polar surface area (TPSA) is 70.2 Å². The largest absolute Gasteiger partial charge is 0.416 e. The van der Waals surface area contributed by atoms with E-state index in [0.29, 0.717) is 41.4 Å². The molecule has 190 valence electrons. The van der Waals surface area contributed by atoms with Crippen LogP contribution in [0, 0.1) is 6.92 Å². The number of pyridine rings is 1. The Balaban J connectivity index is 1.48. The Hall–Kier alpha value is -3.92. The number of fused-ring (bicyclic) bond motifs is 1. The van der Waals surface area contributed by atoms with Gasteiger partial charge in [-0.1, -0.05) is 24.3 Å². The monoisotopic (exact) mass is 523 g/mol. The Kier molecular flexibility index (Phi) is 6.59. The SMILES string of the molecule is Cc1nc(-c2cccc(NC(=O)N3c4nc(-c5cccc(C(F)(F)F)c5)ccc4NCC[C@H]3C)c2)cs1. The molecule has 10 heteroatoms. The molecule has 2 aromatic heterocycles. The highest BCUT2D eigenvalue weighted by molar-refractivity contribution is 7.09. The second-order valence-corrected chi connectivity index (χ2v) is 9.91. The summed E-state index contributed by atoms with van der Waals surface area (Å²) in [5.41, 5.74) is 2.88. The van der Waals surface area contributed by atoms with Crippen LogP contribution in [0.15, 0.2) is 66.0 Å². The van der Waals surface area contributed by atoms with Gasteiger partial charge in [0.15, 0.2) is 5.82 Å². The number of carbonyl (C=O) groups is 1. The molecule has 0 fully saturated rings. The summed E-state index contributed by atoms with van der Waals surface area (Å²) in [7, 11) is 0. The van der Waals surface area contributed by atoms with Crippen molar-refractivity contribution in [3.63, 3.8) is 0 Å². The molecule has 1 aliphatic rings. The minimum absolute atomic E-state index is 0.206. The van der Waals surface area contributed by atoms with Crippen molar-refractivity contribution in [2.45, 2.75) is 32.5 Å². The predicted octanol–water partition coefficient (Wildman–Crippen LogP) is 7.44. The number of nitrogens with zero attached hydrogens (tertiary/aromatic N) is 3. The molecule has 2 amide bonds. The average molecular weight is 524 g/mol. The normalized spacial score (nSPS) is 15.5. The van der Waals surface area contributed by atoms with Gasteiger partial charge >= 0.3 is 12.2 Å². The summed E-state index contributed by atoms with van der Waals surface area (Å²) in [5, 5.41) is 9.16. The first-order chi connectivity index (χ1) is 17.7. The molecule has 0 saturated carbocycles. The smallest absolute Gasteiger partial charge is 0.382 e. The quantitative estimate of drug-likeness (QED) is 0.293. The number of carbonyl (C=O) groups excluding carboxylic acids is 1. The fourth-order valence-electron chi connectivity index (χ4n) is 4.27. The molecule has 3 heterocycles. The lowest BCUT2D eigenvalue weighted by Crippen LogP contribution is -2.42. The second-order valence-electron chi connectivity index (χ2n) is 8.84. The molecule has 0 spiro atoms. The number of halogens is 3. The van der Waals surface area contributed by atoms with E-state index in [1.54, 1.807) is 40.5 Å². The molecule has 4 aromatic rings. The average Bonchev–Trinajstić information content (AvgIpc) is 3.23. The first-order valence-electron chi connectivity index (χ1n) is 11.7. The van der Waals surface area contributed by atoms with Crippen molar-refractivity contribution in [3.8, 4) is 22.5 Å². The molecule has 2 N–H and O–H groups in total. The van der Waals surface area contributed by atoms with E-state index in [2.05, 4.69) is 20.6 Å². The van der Waals surface area contributed by atoms with Crippen LogP contribution in [0.25, 0.3) is 22.5 Å². The highest BCUT2D eigenvalue weighted by Gasteiger charge is 2.31. The number of hydrogen-bond donors (Lipinski definition) is 2. The zero-order valence-electron chi connectivity index (χ0n) is 20.1. The zero-order valence-corrected chi connectivity index (χ0v) is 21.0. The first-order valence-corrected chi connectivity index (χ1v) is 12.6. The van der Waals surface area contributed by atoms with Crippen molar-refractivity contribution in [1.82, 2.24) is 9.97 Å². The third-order valence-electron chi connectivity index (χ3n) is 6.15. The van der Waals surface area contributed by atoms with Gasteiger partial charge in [0.2, 0.25) is 0 Å². The summed E-state index contributed by atoms with van der Waals surface area (Å²) < 4.78 is 39.8. The summed E-state index contributed by atoms with van der Waals surface area (Å²) in [6, 6.07) is 15.3. The number of rotatable bonds is 3. The van der Waals surface area contributed by atoms with E-state index in [4.69, 9.17) is 0 Å². The molecule has 1 aliphatic heterocycles. The number of alkyl halides is 3. The van der Waals surface area contributed by atoms with Crippen LogP contribution in [0.4, 0.5) is 35.2 Å². The summed E-state index contributed by atoms with van der Waals surface area (Å²) in [6.45, 7) is 4.48. The number of nitrogens with one attached hydrogen (secondary N) is 2. The van der Waals surface area contributed by atoms with Gasteiger partial charge in [0.25, 0.3) is 0 Å². The lowest BCUT2D eigenvalue weighted by atomic mass is 10.1. The summed E-state index contributed by atoms with van der Waals surface area (Å²) in [4.78, 5) is 24.3. The number of thiazole rings is 1. The Morgan fingerprint density at radius 2 is 1.81 bits per heavy atom. The van der Waals surface area contributed by atoms with Crippen LogP contribution in [0.5, 0.6) is 0 Å². The zero-order chi connectivity index (χ0) is 26.2. The van der Waals surface area contributed by atoms with Gasteiger partial charge in [-0.05, 0) is 56.7 Å². The Labute approximate surface area is 216 Å². The fraction of sp³-hybridized carbons (Fsp3) is 0.222. The Bertz CT molecular complexity index is 1450. The van der Waals surface area contributed by atoms with E-state index in [1.165, 1.54) is 6.07 Å². The van der Waals surface area contributed by atoms with Gasteiger partial charge in [-0.15, -0.1) is 11.3 Å². The maximum absolute atomic E-state index is 13.6. The van der Waals surface area contributed by atoms with Crippen LogP contribution in [-0.4, -0.2) is 28.6 Å². The van der Waals surface area contributed by atoms with E-state index in [0.717, 1.165) is 28.4 Å². The molecule has 0 aliphatic carbocycles. The Morgan fingerprint density at radius 3 is 2.54 bits per heavy atom. The van der Waals surface area contributed by atoms with Crippen LogP contribution < -0.4 is 15.5 Å². The second kappa shape index (κ2) is 9.85. The number of amides is 2. The highest BCUT2D eigenvalue weighted by Crippen LogP contribution is 2.35. The Morgan fingerprint density at radius 1 is 1.05 bits per heavy atom. The van der Waals surface area contributed by atoms with E-state index in [1.807, 2.05) is 37.4 Å². The highest BCUT2D eigenvalue weighted by atomic mass is 32.1. The van der Waals surface area contributed by atoms with Crippen molar-refractivity contribution in [1.29, 1.82) is 0 Å². The lowest BCUT2D eigenvalue weighted by molar-refractivity contribution is -0.137. The molecule has 0 unspecified atom stereocenters. The van der Waals surface area contributed by atoms with E-state index >= 15 is 0 Å². The number of aromatic nitrogens is 2. The summed E-state index contributed by atoms with van der Waals surface area (Å²) in [6.07, 6.45) is -3.80. The number of hydrogen-bond acceptors (Lipinski definition) is 5. The summed E-state index contributed by atoms with van der Waals surface area (Å²) in [5.74, 6) is 0.365. The molecule has 2 aromatic carbocycles. The number of aryl methyl sites for hydroxylation is 1. The van der Waals surface area contributed by atoms with Crippen LogP contribution >= 0.6 is 11.3 Å². The molecular weight excluding hydrogens is 499 g/mol. The minimum atomic E-state index is -4.46. The molecular formula is C27H24F3N5OS. The summed E-state index contributed by atoms with van der Waals surface area (Å²) >= 11 is 1.55. The maximum Gasteiger partial charge on any atom is 0.416 e. The van der Waals surface area contributed by atoms with Gasteiger partial charge < -0.3 is 10.6 Å². The van der Waals surface area contributed by atoms with Crippen molar-refractivity contribution >= 4 is 34.6 Å². The lowest BCUT2D eigenvalue weighted by Gasteiger charge is -2.27. The third kappa shape index (κ3) is 5.29. The third-order valence-corrected chi connectivity index (χ3v) is 6.93. The van der Waals surface area contributed by atoms with E-state index in [9.17, 15) is 18.0 Å². The van der Waals surface area contributed by atoms with Gasteiger partial charge in [0.1, 0.15) is 0 Å². The number of urea groups is 1. The van der Waals surface area contributed by atoms with E-state index < -0.39 is 11.7 Å². The molecule has 0 bridgehead atoms. The van der Waals surface area contributed by atoms with Gasteiger partial charge in [-0.3, -0.25) is 4.90 Å². The molecule has 37 heavy (non-hydrogen) atoms. The minimum Gasteiger partial charge on any atom is -0.382 e. The molecule has 5 rings (SSSR count). The van der Waals surface area contributed by atoms with Crippen LogP contribution in [0.2, 0.25) is 0 Å². The standard InChI is InChI=1S/C27H24F3N5OS/c1-16-11-12-31-23-10-9-22(18-5-3-7-20(13-18)27(28,29)30)34-25(23)35(16)26(36)33-21-8-4-6-19(14-21)24-15-37-17(2)32-24/h3-10,13-16,31H,11-12H2,1-2H3,(H,33,36)/t16-/m1/s1. The molecule has 0 radical (unpaired) electrons. The number of benzene rings is 2. The van der Waals surface area contributed by atoms with E-state index in [-0.39, 0.29) is 12.1 Å². The van der Waals surface area contributed by atoms with Crippen LogP contribution in [-0.2, 0) is 6.18 Å². The van der Waals surface area contributed by atoms with Crippen LogP contribution in [0.1, 0.15) is 23.9 Å². The number of anilines is 3. The fourth-order valence-corrected chi connectivity index (χ4v) is 4.89.